The lowest BCUT2D eigenvalue weighted by molar-refractivity contribution is -0.274. The number of pyridine rings is 1. The Morgan fingerprint density at radius 3 is 2.57 bits per heavy atom. The molecule has 0 aliphatic carbocycles. The van der Waals surface area contributed by atoms with Gasteiger partial charge >= 0.3 is 12.3 Å². The van der Waals surface area contributed by atoms with Crippen LogP contribution in [-0.2, 0) is 11.2 Å². The second-order valence-corrected chi connectivity index (χ2v) is 4.16. The molecule has 2 aromatic rings. The third-order valence-electron chi connectivity index (χ3n) is 2.50. The normalized spacial score (nSPS) is 11.2. The fourth-order valence-corrected chi connectivity index (χ4v) is 1.75. The van der Waals surface area contributed by atoms with Gasteiger partial charge in [0.25, 0.3) is 0 Å². The Balaban J connectivity index is 2.29. The number of benzene rings is 1. The van der Waals surface area contributed by atoms with Crippen molar-refractivity contribution in [3.05, 3.63) is 48.2 Å². The zero-order valence-corrected chi connectivity index (χ0v) is 10.6. The van der Waals surface area contributed by atoms with Crippen LogP contribution in [0.2, 0.25) is 0 Å². The van der Waals surface area contributed by atoms with E-state index < -0.39 is 12.3 Å². The van der Waals surface area contributed by atoms with E-state index in [2.05, 4.69) is 9.72 Å². The zero-order valence-electron chi connectivity index (χ0n) is 10.6. The van der Waals surface area contributed by atoms with E-state index >= 15 is 0 Å². The van der Waals surface area contributed by atoms with Crippen LogP contribution in [0.1, 0.15) is 5.69 Å². The summed E-state index contributed by atoms with van der Waals surface area (Å²) in [5.74, 6) is -1.39. The molecule has 0 aliphatic heterocycles. The predicted octanol–water partition coefficient (Wildman–Crippen LogP) is 3.27. The molecule has 0 radical (unpaired) electrons. The molecule has 0 unspecified atom stereocenters. The van der Waals surface area contributed by atoms with E-state index in [0.29, 0.717) is 17.0 Å². The van der Waals surface area contributed by atoms with Gasteiger partial charge in [0.15, 0.2) is 0 Å². The maximum atomic E-state index is 12.2. The van der Waals surface area contributed by atoms with Crippen molar-refractivity contribution in [1.82, 2.24) is 4.98 Å². The average molecular weight is 297 g/mol. The molecule has 21 heavy (non-hydrogen) atoms. The van der Waals surface area contributed by atoms with Crippen molar-refractivity contribution >= 4 is 5.97 Å². The van der Waals surface area contributed by atoms with Crippen molar-refractivity contribution in [2.45, 2.75) is 12.8 Å². The summed E-state index contributed by atoms with van der Waals surface area (Å²) in [6.45, 7) is 0. The summed E-state index contributed by atoms with van der Waals surface area (Å²) >= 11 is 0. The Hall–Kier alpha value is -2.57. The van der Waals surface area contributed by atoms with Crippen LogP contribution in [0.3, 0.4) is 0 Å². The number of nitrogens with zero attached hydrogens (tertiary/aromatic N) is 1. The topological polar surface area (TPSA) is 59.4 Å². The fraction of sp³-hybridized carbons (Fsp3) is 0.143. The van der Waals surface area contributed by atoms with E-state index in [9.17, 15) is 18.0 Å². The van der Waals surface area contributed by atoms with Gasteiger partial charge in [-0.2, -0.15) is 0 Å². The number of carboxylic acid groups (broad SMARTS) is 1. The van der Waals surface area contributed by atoms with Gasteiger partial charge in [-0.15, -0.1) is 13.2 Å². The van der Waals surface area contributed by atoms with Gasteiger partial charge in [-0.3, -0.25) is 9.78 Å². The summed E-state index contributed by atoms with van der Waals surface area (Å²) in [6, 6.07) is 10.1. The molecule has 0 atom stereocenters. The molecule has 0 aliphatic rings. The van der Waals surface area contributed by atoms with Crippen molar-refractivity contribution in [3.63, 3.8) is 0 Å². The lowest BCUT2D eigenvalue weighted by Crippen LogP contribution is -2.17. The molecule has 0 saturated carbocycles. The summed E-state index contributed by atoms with van der Waals surface area (Å²) in [5, 5.41) is 8.72. The molecule has 1 heterocycles. The number of halogens is 3. The first-order chi connectivity index (χ1) is 9.83. The molecule has 110 valence electrons. The average Bonchev–Trinajstić information content (AvgIpc) is 2.36. The van der Waals surface area contributed by atoms with Crippen molar-refractivity contribution in [1.29, 1.82) is 0 Å². The van der Waals surface area contributed by atoms with Gasteiger partial charge in [-0.1, -0.05) is 18.2 Å². The highest BCUT2D eigenvalue weighted by atomic mass is 19.4. The molecule has 1 N–H and O–H groups in total. The number of rotatable bonds is 4. The molecule has 1 aromatic heterocycles. The minimum atomic E-state index is -4.77. The standard InChI is InChI=1S/C14H10F3NO3/c15-14(16,17)21-11-5-1-3-9(7-11)12-6-2-4-10(18-12)8-13(19)20/h1-7H,8H2,(H,19,20). The first-order valence-electron chi connectivity index (χ1n) is 5.87. The van der Waals surface area contributed by atoms with E-state index in [-0.39, 0.29) is 12.2 Å². The minimum Gasteiger partial charge on any atom is -0.481 e. The number of hydrogen-bond acceptors (Lipinski definition) is 3. The van der Waals surface area contributed by atoms with E-state index in [1.165, 1.54) is 24.3 Å². The number of aliphatic carboxylic acids is 1. The van der Waals surface area contributed by atoms with Crippen molar-refractivity contribution in [3.8, 4) is 17.0 Å². The quantitative estimate of drug-likeness (QED) is 0.941. The van der Waals surface area contributed by atoms with E-state index in [4.69, 9.17) is 5.11 Å². The van der Waals surface area contributed by atoms with Crippen molar-refractivity contribution in [2.24, 2.45) is 0 Å². The molecule has 0 bridgehead atoms. The van der Waals surface area contributed by atoms with Gasteiger partial charge in [-0.25, -0.2) is 0 Å². The lowest BCUT2D eigenvalue weighted by atomic mass is 10.1. The summed E-state index contributed by atoms with van der Waals surface area (Å²) in [5.41, 5.74) is 1.10. The largest absolute Gasteiger partial charge is 0.573 e. The van der Waals surface area contributed by atoms with Gasteiger partial charge in [0.05, 0.1) is 17.8 Å². The SMILES string of the molecule is O=C(O)Cc1cccc(-c2cccc(OC(F)(F)F)c2)n1. The molecule has 0 saturated heterocycles. The number of carbonyl (C=O) groups is 1. The summed E-state index contributed by atoms with van der Waals surface area (Å²) in [4.78, 5) is 14.7. The Labute approximate surface area is 117 Å². The second-order valence-electron chi connectivity index (χ2n) is 4.16. The van der Waals surface area contributed by atoms with Crippen LogP contribution in [-0.4, -0.2) is 22.4 Å². The Kier molecular flexibility index (Phi) is 4.11. The highest BCUT2D eigenvalue weighted by Crippen LogP contribution is 2.27. The summed E-state index contributed by atoms with van der Waals surface area (Å²) < 4.78 is 40.4. The zero-order chi connectivity index (χ0) is 15.5. The number of alkyl halides is 3. The van der Waals surface area contributed by atoms with Crippen LogP contribution in [0.5, 0.6) is 5.75 Å². The number of carboxylic acids is 1. The molecule has 0 spiro atoms. The Bertz CT molecular complexity index is 656. The maximum Gasteiger partial charge on any atom is 0.573 e. The summed E-state index contributed by atoms with van der Waals surface area (Å²) in [7, 11) is 0. The van der Waals surface area contributed by atoms with Gasteiger partial charge in [0.1, 0.15) is 5.75 Å². The molecule has 0 amide bonds. The maximum absolute atomic E-state index is 12.2. The minimum absolute atomic E-state index is 0.257. The van der Waals surface area contributed by atoms with Crippen LogP contribution in [0.4, 0.5) is 13.2 Å². The first-order valence-corrected chi connectivity index (χ1v) is 5.87. The lowest BCUT2D eigenvalue weighted by Gasteiger charge is -2.10. The van der Waals surface area contributed by atoms with Crippen LogP contribution >= 0.6 is 0 Å². The number of ether oxygens (including phenoxy) is 1. The van der Waals surface area contributed by atoms with Crippen molar-refractivity contribution < 1.29 is 27.8 Å². The van der Waals surface area contributed by atoms with Crippen molar-refractivity contribution in [2.75, 3.05) is 0 Å². The Morgan fingerprint density at radius 2 is 1.90 bits per heavy atom. The monoisotopic (exact) mass is 297 g/mol. The molecule has 4 nitrogen and oxygen atoms in total. The number of hydrogen-bond donors (Lipinski definition) is 1. The van der Waals surface area contributed by atoms with Gasteiger partial charge in [-0.05, 0) is 24.3 Å². The molecule has 1 aromatic carbocycles. The van der Waals surface area contributed by atoms with Crippen LogP contribution in [0.15, 0.2) is 42.5 Å². The van der Waals surface area contributed by atoms with Crippen LogP contribution in [0, 0.1) is 0 Å². The highest BCUT2D eigenvalue weighted by molar-refractivity contribution is 5.70. The third kappa shape index (κ3) is 4.48. The van der Waals surface area contributed by atoms with Gasteiger partial charge in [0.2, 0.25) is 0 Å². The van der Waals surface area contributed by atoms with E-state index in [1.807, 2.05) is 0 Å². The molecule has 2 rings (SSSR count). The molecular weight excluding hydrogens is 287 g/mol. The third-order valence-corrected chi connectivity index (χ3v) is 2.50. The fourth-order valence-electron chi connectivity index (χ4n) is 1.75. The van der Waals surface area contributed by atoms with Crippen LogP contribution < -0.4 is 4.74 Å². The van der Waals surface area contributed by atoms with E-state index in [0.717, 1.165) is 0 Å². The van der Waals surface area contributed by atoms with Gasteiger partial charge < -0.3 is 9.84 Å². The smallest absolute Gasteiger partial charge is 0.481 e. The Morgan fingerprint density at radius 1 is 1.19 bits per heavy atom. The number of aromatic nitrogens is 1. The highest BCUT2D eigenvalue weighted by Gasteiger charge is 2.31. The van der Waals surface area contributed by atoms with Crippen LogP contribution in [0.25, 0.3) is 11.3 Å². The van der Waals surface area contributed by atoms with E-state index in [1.54, 1.807) is 18.2 Å². The predicted molar refractivity (Wildman–Crippen MR) is 67.7 cm³/mol. The second kappa shape index (κ2) is 5.82. The van der Waals surface area contributed by atoms with Gasteiger partial charge in [0, 0.05) is 5.56 Å². The molecular formula is C14H10F3NO3. The first kappa shape index (κ1) is 14.8. The summed E-state index contributed by atoms with van der Waals surface area (Å²) in [6.07, 6.45) is -5.02. The molecule has 7 heteroatoms. The molecule has 0 fully saturated rings.